The van der Waals surface area contributed by atoms with E-state index in [1.165, 1.54) is 24.3 Å². The minimum atomic E-state index is -1.10. The second kappa shape index (κ2) is 7.25. The van der Waals surface area contributed by atoms with E-state index in [2.05, 4.69) is 10.5 Å². The first-order valence-corrected chi connectivity index (χ1v) is 7.54. The smallest absolute Gasteiger partial charge is 0.312 e. The van der Waals surface area contributed by atoms with Crippen molar-refractivity contribution in [2.45, 2.75) is 32.6 Å². The number of carbonyl (C=O) groups excluding carboxylic acids is 1. The highest BCUT2D eigenvalue weighted by Gasteiger charge is 2.25. The predicted molar refractivity (Wildman–Crippen MR) is 84.4 cm³/mol. The van der Waals surface area contributed by atoms with Gasteiger partial charge >= 0.3 is 5.97 Å². The van der Waals surface area contributed by atoms with Crippen molar-refractivity contribution in [2.24, 2.45) is 0 Å². The number of aliphatic carboxylic acids is 1. The lowest BCUT2D eigenvalue weighted by molar-refractivity contribution is -0.138. The molecule has 1 aromatic heterocycles. The molecule has 0 bridgehead atoms. The predicted octanol–water partition coefficient (Wildman–Crippen LogP) is 2.84. The molecule has 0 saturated carbocycles. The standard InChI is InChI=1S/C17H19FN2O4/c1-9(2)15-14(10(3)20-24-15)16(21)19-8-13(17(22)23)11-4-6-12(18)7-5-11/h4-7,9,13H,8H2,1-3H3,(H,19,21)(H,22,23). The van der Waals surface area contributed by atoms with E-state index in [-0.39, 0.29) is 12.5 Å². The number of nitrogens with zero attached hydrogens (tertiary/aromatic N) is 1. The largest absolute Gasteiger partial charge is 0.481 e. The average molecular weight is 334 g/mol. The molecule has 128 valence electrons. The number of hydrogen-bond donors (Lipinski definition) is 2. The molecule has 0 fully saturated rings. The molecule has 0 aliphatic carbocycles. The Hall–Kier alpha value is -2.70. The number of benzene rings is 1. The van der Waals surface area contributed by atoms with Gasteiger partial charge in [0.15, 0.2) is 5.76 Å². The molecule has 24 heavy (non-hydrogen) atoms. The van der Waals surface area contributed by atoms with Crippen LogP contribution >= 0.6 is 0 Å². The van der Waals surface area contributed by atoms with E-state index in [4.69, 9.17) is 4.52 Å². The number of halogens is 1. The molecule has 1 atom stereocenters. The van der Waals surface area contributed by atoms with Gasteiger partial charge in [-0.25, -0.2) is 4.39 Å². The van der Waals surface area contributed by atoms with Gasteiger partial charge in [-0.05, 0) is 24.6 Å². The van der Waals surface area contributed by atoms with Crippen molar-refractivity contribution in [3.63, 3.8) is 0 Å². The average Bonchev–Trinajstić information content (AvgIpc) is 2.90. The molecule has 0 radical (unpaired) electrons. The van der Waals surface area contributed by atoms with Gasteiger partial charge < -0.3 is 14.9 Å². The normalized spacial score (nSPS) is 12.2. The number of nitrogens with one attached hydrogen (secondary N) is 1. The first-order chi connectivity index (χ1) is 11.3. The van der Waals surface area contributed by atoms with Crippen molar-refractivity contribution in [1.29, 1.82) is 0 Å². The van der Waals surface area contributed by atoms with Crippen LogP contribution in [0.4, 0.5) is 4.39 Å². The topological polar surface area (TPSA) is 92.4 Å². The Morgan fingerprint density at radius 1 is 1.29 bits per heavy atom. The van der Waals surface area contributed by atoms with E-state index in [0.29, 0.717) is 22.6 Å². The van der Waals surface area contributed by atoms with Crippen molar-refractivity contribution >= 4 is 11.9 Å². The highest BCUT2D eigenvalue weighted by Crippen LogP contribution is 2.22. The summed E-state index contributed by atoms with van der Waals surface area (Å²) in [5.41, 5.74) is 1.19. The molecule has 0 saturated heterocycles. The Morgan fingerprint density at radius 3 is 2.46 bits per heavy atom. The quantitative estimate of drug-likeness (QED) is 0.847. The van der Waals surface area contributed by atoms with Gasteiger partial charge in [-0.2, -0.15) is 0 Å². The van der Waals surface area contributed by atoms with Gasteiger partial charge in [0.1, 0.15) is 11.4 Å². The summed E-state index contributed by atoms with van der Waals surface area (Å²) in [7, 11) is 0. The van der Waals surface area contributed by atoms with Gasteiger partial charge in [0, 0.05) is 12.5 Å². The van der Waals surface area contributed by atoms with Gasteiger partial charge in [-0.3, -0.25) is 9.59 Å². The summed E-state index contributed by atoms with van der Waals surface area (Å²) in [6.07, 6.45) is 0. The van der Waals surface area contributed by atoms with Crippen molar-refractivity contribution in [3.05, 3.63) is 52.7 Å². The van der Waals surface area contributed by atoms with Crippen LogP contribution in [0.5, 0.6) is 0 Å². The van der Waals surface area contributed by atoms with Gasteiger partial charge in [-0.1, -0.05) is 31.1 Å². The summed E-state index contributed by atoms with van der Waals surface area (Å²) in [5.74, 6) is -2.54. The number of carboxylic acid groups (broad SMARTS) is 1. The lowest BCUT2D eigenvalue weighted by Gasteiger charge is -2.14. The van der Waals surface area contributed by atoms with Crippen LogP contribution in [0.25, 0.3) is 0 Å². The van der Waals surface area contributed by atoms with E-state index in [0.717, 1.165) is 0 Å². The third-order valence-electron chi connectivity index (χ3n) is 3.68. The first-order valence-electron chi connectivity index (χ1n) is 7.54. The molecular formula is C17H19FN2O4. The fourth-order valence-corrected chi connectivity index (χ4v) is 2.38. The van der Waals surface area contributed by atoms with Crippen LogP contribution < -0.4 is 5.32 Å². The zero-order chi connectivity index (χ0) is 17.9. The number of aryl methyl sites for hydroxylation is 1. The van der Waals surface area contributed by atoms with Crippen molar-refractivity contribution in [1.82, 2.24) is 10.5 Å². The van der Waals surface area contributed by atoms with Gasteiger partial charge in [0.2, 0.25) is 0 Å². The Morgan fingerprint density at radius 2 is 1.92 bits per heavy atom. The van der Waals surface area contributed by atoms with Crippen molar-refractivity contribution in [2.75, 3.05) is 6.54 Å². The lowest BCUT2D eigenvalue weighted by atomic mass is 9.98. The van der Waals surface area contributed by atoms with Crippen LogP contribution in [0.3, 0.4) is 0 Å². The fraction of sp³-hybridized carbons (Fsp3) is 0.353. The second-order valence-corrected chi connectivity index (χ2v) is 5.81. The molecule has 1 unspecified atom stereocenters. The van der Waals surface area contributed by atoms with Gasteiger partial charge in [-0.15, -0.1) is 0 Å². The highest BCUT2D eigenvalue weighted by molar-refractivity contribution is 5.96. The molecular weight excluding hydrogens is 315 g/mol. The zero-order valence-corrected chi connectivity index (χ0v) is 13.7. The summed E-state index contributed by atoms with van der Waals surface area (Å²) in [6.45, 7) is 5.27. The summed E-state index contributed by atoms with van der Waals surface area (Å²) in [4.78, 5) is 23.9. The number of carbonyl (C=O) groups is 2. The van der Waals surface area contributed by atoms with Crippen molar-refractivity contribution in [3.8, 4) is 0 Å². The van der Waals surface area contributed by atoms with E-state index in [1.54, 1.807) is 6.92 Å². The lowest BCUT2D eigenvalue weighted by Crippen LogP contribution is -2.32. The summed E-state index contributed by atoms with van der Waals surface area (Å²) < 4.78 is 18.1. The van der Waals surface area contributed by atoms with Gasteiger partial charge in [0.25, 0.3) is 5.91 Å². The zero-order valence-electron chi connectivity index (χ0n) is 13.7. The van der Waals surface area contributed by atoms with Crippen molar-refractivity contribution < 1.29 is 23.6 Å². The second-order valence-electron chi connectivity index (χ2n) is 5.81. The fourth-order valence-electron chi connectivity index (χ4n) is 2.38. The molecule has 0 spiro atoms. The maximum absolute atomic E-state index is 13.0. The van der Waals surface area contributed by atoms with E-state index < -0.39 is 23.6 Å². The number of hydrogen-bond acceptors (Lipinski definition) is 4. The minimum absolute atomic E-state index is 0.0284. The van der Waals surface area contributed by atoms with E-state index in [1.807, 2.05) is 13.8 Å². The molecule has 6 nitrogen and oxygen atoms in total. The van der Waals surface area contributed by atoms with Crippen LogP contribution in [0.2, 0.25) is 0 Å². The molecule has 0 aliphatic heterocycles. The third-order valence-corrected chi connectivity index (χ3v) is 3.68. The molecule has 0 aliphatic rings. The summed E-state index contributed by atoms with van der Waals surface area (Å²) in [5, 5.41) is 15.8. The SMILES string of the molecule is Cc1noc(C(C)C)c1C(=O)NCC(C(=O)O)c1ccc(F)cc1. The summed E-state index contributed by atoms with van der Waals surface area (Å²) in [6, 6.07) is 5.16. The Kier molecular flexibility index (Phi) is 5.33. The molecule has 1 aromatic carbocycles. The Balaban J connectivity index is 2.15. The van der Waals surface area contributed by atoms with Crippen LogP contribution in [0.1, 0.15) is 53.1 Å². The van der Waals surface area contributed by atoms with Crippen LogP contribution in [-0.4, -0.2) is 28.7 Å². The first kappa shape index (κ1) is 17.7. The molecule has 2 rings (SSSR count). The Bertz CT molecular complexity index is 738. The van der Waals surface area contributed by atoms with Gasteiger partial charge in [0.05, 0.1) is 11.6 Å². The molecule has 2 N–H and O–H groups in total. The van der Waals surface area contributed by atoms with Crippen LogP contribution in [0.15, 0.2) is 28.8 Å². The molecule has 1 amide bonds. The number of rotatable bonds is 6. The maximum Gasteiger partial charge on any atom is 0.312 e. The number of amides is 1. The van der Waals surface area contributed by atoms with E-state index in [9.17, 15) is 19.1 Å². The molecule has 7 heteroatoms. The summed E-state index contributed by atoms with van der Waals surface area (Å²) >= 11 is 0. The molecule has 1 heterocycles. The maximum atomic E-state index is 13.0. The number of aromatic nitrogens is 1. The minimum Gasteiger partial charge on any atom is -0.481 e. The van der Waals surface area contributed by atoms with Crippen LogP contribution in [0, 0.1) is 12.7 Å². The third kappa shape index (κ3) is 3.79. The Labute approximate surface area is 138 Å². The highest BCUT2D eigenvalue weighted by atomic mass is 19.1. The van der Waals surface area contributed by atoms with E-state index >= 15 is 0 Å². The molecule has 2 aromatic rings. The number of carboxylic acids is 1. The monoisotopic (exact) mass is 334 g/mol. The van der Waals surface area contributed by atoms with Crippen LogP contribution in [-0.2, 0) is 4.79 Å².